The second kappa shape index (κ2) is 14.0. The Morgan fingerprint density at radius 2 is 1.56 bits per heavy atom. The predicted molar refractivity (Wildman–Crippen MR) is 174 cm³/mol. The molecule has 9 heteroatoms. The van der Waals surface area contributed by atoms with Crippen LogP contribution >= 0.6 is 0 Å². The molecular formula is C36H42N4O5. The zero-order valence-electron chi connectivity index (χ0n) is 26.2. The highest BCUT2D eigenvalue weighted by Crippen LogP contribution is 2.34. The average molecular weight is 611 g/mol. The number of carbonyl (C=O) groups is 2. The minimum atomic E-state index is -0.414. The van der Waals surface area contributed by atoms with E-state index >= 15 is 0 Å². The lowest BCUT2D eigenvalue weighted by atomic mass is 9.93. The Balaban J connectivity index is 1.59. The molecule has 3 aromatic carbocycles. The van der Waals surface area contributed by atoms with Crippen LogP contribution in [0.1, 0.15) is 77.2 Å². The zero-order chi connectivity index (χ0) is 32.1. The van der Waals surface area contributed by atoms with Gasteiger partial charge in [-0.2, -0.15) is 5.10 Å². The molecule has 5 rings (SSSR count). The number of nitrogens with zero attached hydrogens (tertiary/aromatic N) is 4. The zero-order valence-corrected chi connectivity index (χ0v) is 26.2. The van der Waals surface area contributed by atoms with E-state index in [-0.39, 0.29) is 29.9 Å². The van der Waals surface area contributed by atoms with Crippen molar-refractivity contribution >= 4 is 11.8 Å². The molecule has 0 unspecified atom stereocenters. The van der Waals surface area contributed by atoms with Gasteiger partial charge in [0.25, 0.3) is 11.8 Å². The van der Waals surface area contributed by atoms with E-state index in [1.165, 1.54) is 12.1 Å². The standard InChI is InChI=1S/C36H42N4O5/c1-4-6-16-38(17-7-5-2)36(45)31-18-24(3)40(37-31)32-14-12-26(27-13-15-33(42)34(43)21-27)20-30(32)35(44)39-22-28-11-9-8-10-25(28)19-29(39)23-41/h8-15,18,20-21,29,41-43H,4-7,16-17,19,22-23H2,1-3H3/t29-/m0/s1. The minimum Gasteiger partial charge on any atom is -0.504 e. The Hall–Kier alpha value is -4.63. The maximum atomic E-state index is 14.5. The quantitative estimate of drug-likeness (QED) is 0.183. The largest absolute Gasteiger partial charge is 0.504 e. The first-order chi connectivity index (χ1) is 21.7. The summed E-state index contributed by atoms with van der Waals surface area (Å²) in [5.41, 5.74) is 5.28. The van der Waals surface area contributed by atoms with Gasteiger partial charge in [0.15, 0.2) is 17.2 Å². The van der Waals surface area contributed by atoms with Crippen molar-refractivity contribution in [1.82, 2.24) is 19.6 Å². The first-order valence-corrected chi connectivity index (χ1v) is 15.8. The molecule has 1 aliphatic rings. The number of unbranched alkanes of at least 4 members (excludes halogenated alkanes) is 2. The maximum absolute atomic E-state index is 14.5. The molecule has 236 valence electrons. The molecule has 1 aromatic heterocycles. The highest BCUT2D eigenvalue weighted by molar-refractivity contribution is 6.00. The summed E-state index contributed by atoms with van der Waals surface area (Å²) in [6.45, 7) is 7.55. The molecule has 0 spiro atoms. The summed E-state index contributed by atoms with van der Waals surface area (Å²) in [6.07, 6.45) is 4.32. The summed E-state index contributed by atoms with van der Waals surface area (Å²) < 4.78 is 1.64. The van der Waals surface area contributed by atoms with E-state index in [1.807, 2.05) is 42.2 Å². The number of carbonyl (C=O) groups excluding carboxylic acids is 2. The summed E-state index contributed by atoms with van der Waals surface area (Å²) in [4.78, 5) is 31.7. The van der Waals surface area contributed by atoms with Crippen LogP contribution in [0.5, 0.6) is 11.5 Å². The SMILES string of the molecule is CCCCN(CCCC)C(=O)c1cc(C)n(-c2ccc(-c3ccc(O)c(O)c3)cc2C(=O)N2Cc3ccccc3C[C@H]2CO)n1. The van der Waals surface area contributed by atoms with Crippen LogP contribution < -0.4 is 0 Å². The number of benzene rings is 3. The van der Waals surface area contributed by atoms with Crippen molar-refractivity contribution < 1.29 is 24.9 Å². The molecule has 45 heavy (non-hydrogen) atoms. The van der Waals surface area contributed by atoms with Gasteiger partial charge in [-0.25, -0.2) is 4.68 Å². The lowest BCUT2D eigenvalue weighted by Gasteiger charge is -2.36. The lowest BCUT2D eigenvalue weighted by molar-refractivity contribution is 0.0544. The summed E-state index contributed by atoms with van der Waals surface area (Å²) >= 11 is 0. The van der Waals surface area contributed by atoms with E-state index in [0.29, 0.717) is 59.8 Å². The molecule has 1 atom stereocenters. The van der Waals surface area contributed by atoms with Crippen LogP contribution in [0, 0.1) is 6.92 Å². The number of aliphatic hydroxyl groups is 1. The van der Waals surface area contributed by atoms with E-state index < -0.39 is 6.04 Å². The Bertz CT molecular complexity index is 1670. The fourth-order valence-electron chi connectivity index (χ4n) is 5.92. The summed E-state index contributed by atoms with van der Waals surface area (Å²) in [7, 11) is 0. The third kappa shape index (κ3) is 6.73. The number of hydrogen-bond donors (Lipinski definition) is 3. The monoisotopic (exact) mass is 610 g/mol. The van der Waals surface area contributed by atoms with E-state index in [4.69, 9.17) is 5.10 Å². The minimum absolute atomic E-state index is 0.129. The van der Waals surface area contributed by atoms with Crippen molar-refractivity contribution in [1.29, 1.82) is 0 Å². The molecule has 0 fully saturated rings. The highest BCUT2D eigenvalue weighted by atomic mass is 16.3. The van der Waals surface area contributed by atoms with Crippen molar-refractivity contribution in [2.75, 3.05) is 19.7 Å². The number of rotatable bonds is 11. The molecule has 2 amide bonds. The van der Waals surface area contributed by atoms with E-state index in [9.17, 15) is 24.9 Å². The number of aliphatic hydroxyl groups excluding tert-OH is 1. The van der Waals surface area contributed by atoms with Gasteiger partial charge in [0.2, 0.25) is 0 Å². The summed E-state index contributed by atoms with van der Waals surface area (Å²) in [5.74, 6) is -0.908. The van der Waals surface area contributed by atoms with Crippen LogP contribution in [0.15, 0.2) is 66.7 Å². The van der Waals surface area contributed by atoms with E-state index in [1.54, 1.807) is 33.8 Å². The summed E-state index contributed by atoms with van der Waals surface area (Å²) in [5, 5.41) is 35.1. The van der Waals surface area contributed by atoms with Gasteiger partial charge in [-0.3, -0.25) is 9.59 Å². The average Bonchev–Trinajstić information content (AvgIpc) is 3.45. The van der Waals surface area contributed by atoms with Gasteiger partial charge in [-0.15, -0.1) is 0 Å². The van der Waals surface area contributed by atoms with Gasteiger partial charge in [0, 0.05) is 25.3 Å². The number of phenols is 2. The van der Waals surface area contributed by atoms with Gasteiger partial charge in [-0.1, -0.05) is 63.1 Å². The van der Waals surface area contributed by atoms with Gasteiger partial charge in [0.1, 0.15) is 0 Å². The molecule has 2 heterocycles. The number of phenolic OH excluding ortho intramolecular Hbond substituents is 2. The lowest BCUT2D eigenvalue weighted by Crippen LogP contribution is -2.46. The fraction of sp³-hybridized carbons (Fsp3) is 0.361. The maximum Gasteiger partial charge on any atom is 0.274 e. The van der Waals surface area contributed by atoms with Crippen LogP contribution in [0.3, 0.4) is 0 Å². The smallest absolute Gasteiger partial charge is 0.274 e. The second-order valence-corrected chi connectivity index (χ2v) is 11.8. The predicted octanol–water partition coefficient (Wildman–Crippen LogP) is 5.86. The third-order valence-corrected chi connectivity index (χ3v) is 8.55. The normalized spacial score (nSPS) is 14.3. The molecule has 4 aromatic rings. The van der Waals surface area contributed by atoms with Crippen LogP contribution in [0.4, 0.5) is 0 Å². The van der Waals surface area contributed by atoms with Crippen LogP contribution in [0.2, 0.25) is 0 Å². The van der Waals surface area contributed by atoms with Crippen molar-refractivity contribution in [2.45, 2.75) is 65.5 Å². The number of fused-ring (bicyclic) bond motifs is 1. The molecule has 0 aliphatic carbocycles. The van der Waals surface area contributed by atoms with Crippen LogP contribution in [-0.4, -0.2) is 72.5 Å². The van der Waals surface area contributed by atoms with Crippen molar-refractivity contribution in [3.05, 3.63) is 94.8 Å². The molecule has 9 nitrogen and oxygen atoms in total. The van der Waals surface area contributed by atoms with Gasteiger partial charge in [0.05, 0.1) is 23.9 Å². The van der Waals surface area contributed by atoms with Crippen LogP contribution in [-0.2, 0) is 13.0 Å². The first-order valence-electron chi connectivity index (χ1n) is 15.8. The van der Waals surface area contributed by atoms with Gasteiger partial charge in [-0.05, 0) is 78.8 Å². The number of aryl methyl sites for hydroxylation is 1. The molecule has 0 bridgehead atoms. The Labute approximate surface area is 264 Å². The van der Waals surface area contributed by atoms with E-state index in [0.717, 1.165) is 36.8 Å². The van der Waals surface area contributed by atoms with Crippen molar-refractivity contribution in [2.24, 2.45) is 0 Å². The molecule has 0 saturated carbocycles. The second-order valence-electron chi connectivity index (χ2n) is 11.8. The first kappa shape index (κ1) is 31.8. The van der Waals surface area contributed by atoms with Crippen molar-refractivity contribution in [3.8, 4) is 28.3 Å². The topological polar surface area (TPSA) is 119 Å². The Morgan fingerprint density at radius 1 is 0.889 bits per heavy atom. The highest BCUT2D eigenvalue weighted by Gasteiger charge is 2.32. The number of aromatic nitrogens is 2. The molecule has 0 saturated heterocycles. The van der Waals surface area contributed by atoms with Crippen LogP contribution in [0.25, 0.3) is 16.8 Å². The third-order valence-electron chi connectivity index (χ3n) is 8.55. The van der Waals surface area contributed by atoms with Gasteiger partial charge >= 0.3 is 0 Å². The Kier molecular flexibility index (Phi) is 9.88. The number of aromatic hydroxyl groups is 2. The fourth-order valence-corrected chi connectivity index (χ4v) is 5.92. The number of amides is 2. The molecular weight excluding hydrogens is 568 g/mol. The number of hydrogen-bond acceptors (Lipinski definition) is 6. The Morgan fingerprint density at radius 3 is 2.22 bits per heavy atom. The molecule has 3 N–H and O–H groups in total. The van der Waals surface area contributed by atoms with E-state index in [2.05, 4.69) is 13.8 Å². The van der Waals surface area contributed by atoms with Gasteiger partial charge < -0.3 is 25.1 Å². The van der Waals surface area contributed by atoms with Crippen molar-refractivity contribution in [3.63, 3.8) is 0 Å². The molecule has 0 radical (unpaired) electrons. The summed E-state index contributed by atoms with van der Waals surface area (Å²) in [6, 6.07) is 19.2. The molecule has 1 aliphatic heterocycles.